The molecule has 0 aromatic heterocycles. The number of hydrogen-bond acceptors (Lipinski definition) is 4. The van der Waals surface area contributed by atoms with Gasteiger partial charge in [-0.05, 0) is 32.0 Å². The van der Waals surface area contributed by atoms with Gasteiger partial charge in [0.2, 0.25) is 10.0 Å². The van der Waals surface area contributed by atoms with Crippen LogP contribution in [0.3, 0.4) is 0 Å². The highest BCUT2D eigenvalue weighted by molar-refractivity contribution is 7.92. The van der Waals surface area contributed by atoms with E-state index in [4.69, 9.17) is 21.1 Å². The van der Waals surface area contributed by atoms with Crippen LogP contribution in [-0.4, -0.2) is 40.7 Å². The summed E-state index contributed by atoms with van der Waals surface area (Å²) in [5, 5.41) is 0.473. The van der Waals surface area contributed by atoms with Crippen molar-refractivity contribution in [1.82, 2.24) is 0 Å². The number of ether oxygens (including phenoxy) is 2. The van der Waals surface area contributed by atoms with Gasteiger partial charge < -0.3 is 9.47 Å². The van der Waals surface area contributed by atoms with Gasteiger partial charge in [0.15, 0.2) is 6.29 Å². The Kier molecular flexibility index (Phi) is 6.75. The first kappa shape index (κ1) is 17.2. The Morgan fingerprint density at radius 2 is 1.85 bits per heavy atom. The third kappa shape index (κ3) is 5.28. The summed E-state index contributed by atoms with van der Waals surface area (Å²) in [6.07, 6.45) is 0.529. The van der Waals surface area contributed by atoms with E-state index in [2.05, 4.69) is 0 Å². The number of anilines is 1. The molecule has 0 aliphatic carbocycles. The summed E-state index contributed by atoms with van der Waals surface area (Å²) in [5.41, 5.74) is 0.490. The van der Waals surface area contributed by atoms with E-state index in [-0.39, 0.29) is 6.54 Å². The van der Waals surface area contributed by atoms with Gasteiger partial charge in [-0.15, -0.1) is 0 Å². The predicted octanol–water partition coefficient (Wildman–Crippen LogP) is 2.51. The van der Waals surface area contributed by atoms with E-state index in [0.717, 1.165) is 6.26 Å². The fourth-order valence-electron chi connectivity index (χ4n) is 1.72. The summed E-state index contributed by atoms with van der Waals surface area (Å²) in [4.78, 5) is 0. The van der Waals surface area contributed by atoms with E-state index in [0.29, 0.717) is 23.9 Å². The fourth-order valence-corrected chi connectivity index (χ4v) is 2.80. The zero-order valence-corrected chi connectivity index (χ0v) is 13.4. The van der Waals surface area contributed by atoms with Gasteiger partial charge in [-0.25, -0.2) is 8.42 Å². The lowest BCUT2D eigenvalue weighted by Gasteiger charge is -2.27. The Morgan fingerprint density at radius 1 is 1.25 bits per heavy atom. The molecular formula is C13H20ClNO4S. The fraction of sp³-hybridized carbons (Fsp3) is 0.538. The van der Waals surface area contributed by atoms with Crippen molar-refractivity contribution < 1.29 is 17.9 Å². The van der Waals surface area contributed by atoms with E-state index in [9.17, 15) is 8.42 Å². The summed E-state index contributed by atoms with van der Waals surface area (Å²) < 4.78 is 35.9. The van der Waals surface area contributed by atoms with Crippen molar-refractivity contribution in [2.75, 3.05) is 30.3 Å². The molecular weight excluding hydrogens is 302 g/mol. The van der Waals surface area contributed by atoms with Gasteiger partial charge in [-0.3, -0.25) is 4.31 Å². The Hall–Kier alpha value is -0.820. The van der Waals surface area contributed by atoms with Crippen molar-refractivity contribution in [2.24, 2.45) is 0 Å². The maximum atomic E-state index is 12.0. The van der Waals surface area contributed by atoms with Crippen LogP contribution in [0.15, 0.2) is 24.3 Å². The lowest BCUT2D eigenvalue weighted by atomic mass is 10.3. The van der Waals surface area contributed by atoms with Crippen LogP contribution in [0, 0.1) is 0 Å². The molecule has 0 saturated carbocycles. The van der Waals surface area contributed by atoms with Crippen molar-refractivity contribution in [3.63, 3.8) is 0 Å². The van der Waals surface area contributed by atoms with Crippen molar-refractivity contribution >= 4 is 27.3 Å². The van der Waals surface area contributed by atoms with Gasteiger partial charge in [-0.1, -0.05) is 17.7 Å². The van der Waals surface area contributed by atoms with E-state index < -0.39 is 16.3 Å². The largest absolute Gasteiger partial charge is 0.351 e. The lowest BCUT2D eigenvalue weighted by Crippen LogP contribution is -2.39. The van der Waals surface area contributed by atoms with Crippen LogP contribution < -0.4 is 4.31 Å². The number of rotatable bonds is 8. The summed E-state index contributed by atoms with van der Waals surface area (Å²) in [6.45, 7) is 4.63. The van der Waals surface area contributed by atoms with E-state index in [1.54, 1.807) is 24.3 Å². The van der Waals surface area contributed by atoms with Gasteiger partial charge in [0.25, 0.3) is 0 Å². The molecule has 0 radical (unpaired) electrons. The molecule has 5 nitrogen and oxygen atoms in total. The molecule has 0 heterocycles. The molecule has 0 N–H and O–H groups in total. The Labute approximate surface area is 125 Å². The third-order valence-corrected chi connectivity index (χ3v) is 3.91. The molecule has 0 aliphatic heterocycles. The molecule has 20 heavy (non-hydrogen) atoms. The molecule has 0 aliphatic rings. The minimum absolute atomic E-state index is 0.0842. The van der Waals surface area contributed by atoms with Crippen LogP contribution in [-0.2, 0) is 19.5 Å². The Bertz CT molecular complexity index is 515. The van der Waals surface area contributed by atoms with Crippen molar-refractivity contribution in [3.8, 4) is 0 Å². The van der Waals surface area contributed by atoms with Crippen LogP contribution in [0.1, 0.15) is 13.8 Å². The summed E-state index contributed by atoms with van der Waals surface area (Å²) in [6, 6.07) is 6.67. The molecule has 0 atom stereocenters. The molecule has 1 rings (SSSR count). The molecule has 7 heteroatoms. The highest BCUT2D eigenvalue weighted by Gasteiger charge is 2.22. The van der Waals surface area contributed by atoms with E-state index in [1.807, 2.05) is 13.8 Å². The number of benzene rings is 1. The zero-order valence-electron chi connectivity index (χ0n) is 11.9. The quantitative estimate of drug-likeness (QED) is 0.690. The number of halogens is 1. The van der Waals surface area contributed by atoms with Crippen LogP contribution >= 0.6 is 11.6 Å². The number of nitrogens with zero attached hydrogens (tertiary/aromatic N) is 1. The van der Waals surface area contributed by atoms with Gasteiger partial charge in [-0.2, -0.15) is 0 Å². The molecule has 1 aromatic rings. The van der Waals surface area contributed by atoms with Crippen LogP contribution in [0.2, 0.25) is 5.02 Å². The molecule has 1 aromatic carbocycles. The molecule has 0 spiro atoms. The Morgan fingerprint density at radius 3 is 2.30 bits per heavy atom. The van der Waals surface area contributed by atoms with Gasteiger partial charge in [0.05, 0.1) is 18.5 Å². The summed E-state index contributed by atoms with van der Waals surface area (Å²) in [5.74, 6) is 0. The zero-order chi connectivity index (χ0) is 15.2. The first-order chi connectivity index (χ1) is 9.38. The molecule has 0 unspecified atom stereocenters. The van der Waals surface area contributed by atoms with E-state index >= 15 is 0 Å². The van der Waals surface area contributed by atoms with Gasteiger partial charge in [0, 0.05) is 18.2 Å². The smallest absolute Gasteiger partial charge is 0.232 e. The minimum atomic E-state index is -3.45. The van der Waals surface area contributed by atoms with Crippen LogP contribution in [0.4, 0.5) is 5.69 Å². The lowest BCUT2D eigenvalue weighted by molar-refractivity contribution is -0.128. The number of sulfonamides is 1. The average molecular weight is 322 g/mol. The summed E-state index contributed by atoms with van der Waals surface area (Å²) in [7, 11) is -3.45. The van der Waals surface area contributed by atoms with Gasteiger partial charge >= 0.3 is 0 Å². The monoisotopic (exact) mass is 321 g/mol. The maximum absolute atomic E-state index is 12.0. The molecule has 0 fully saturated rings. The van der Waals surface area contributed by atoms with Crippen molar-refractivity contribution in [3.05, 3.63) is 29.3 Å². The predicted molar refractivity (Wildman–Crippen MR) is 80.7 cm³/mol. The third-order valence-electron chi connectivity index (χ3n) is 2.52. The standard InChI is InChI=1S/C13H20ClNO4S/c1-4-18-13(19-5-2)10-15(20(3,16)17)12-8-6-7-11(14)9-12/h6-9,13H,4-5,10H2,1-3H3. The highest BCUT2D eigenvalue weighted by Crippen LogP contribution is 2.22. The Balaban J connectivity index is 3.01. The van der Waals surface area contributed by atoms with Crippen molar-refractivity contribution in [2.45, 2.75) is 20.1 Å². The second-order valence-corrected chi connectivity index (χ2v) is 6.46. The summed E-state index contributed by atoms with van der Waals surface area (Å²) >= 11 is 5.91. The first-order valence-corrected chi connectivity index (χ1v) is 8.57. The van der Waals surface area contributed by atoms with Crippen LogP contribution in [0.25, 0.3) is 0 Å². The van der Waals surface area contributed by atoms with Crippen molar-refractivity contribution in [1.29, 1.82) is 0 Å². The van der Waals surface area contributed by atoms with Crippen LogP contribution in [0.5, 0.6) is 0 Å². The molecule has 114 valence electrons. The average Bonchev–Trinajstić information content (AvgIpc) is 2.35. The van der Waals surface area contributed by atoms with E-state index in [1.165, 1.54) is 4.31 Å². The topological polar surface area (TPSA) is 55.8 Å². The number of hydrogen-bond donors (Lipinski definition) is 0. The van der Waals surface area contributed by atoms with Gasteiger partial charge in [0.1, 0.15) is 0 Å². The normalized spacial score (nSPS) is 11.8. The first-order valence-electron chi connectivity index (χ1n) is 6.35. The molecule has 0 saturated heterocycles. The SMILES string of the molecule is CCOC(CN(c1cccc(Cl)c1)S(C)(=O)=O)OCC. The second-order valence-electron chi connectivity index (χ2n) is 4.11. The maximum Gasteiger partial charge on any atom is 0.232 e. The minimum Gasteiger partial charge on any atom is -0.351 e. The molecule has 0 bridgehead atoms. The second kappa shape index (κ2) is 7.83. The highest BCUT2D eigenvalue weighted by atomic mass is 35.5. The molecule has 0 amide bonds.